The van der Waals surface area contributed by atoms with Gasteiger partial charge in [-0.05, 0) is 36.5 Å². The Balaban J connectivity index is 2.47. The lowest BCUT2D eigenvalue weighted by molar-refractivity contribution is 0.101. The van der Waals surface area contributed by atoms with E-state index in [9.17, 15) is 0 Å². The molecular formula is C15H25NO2. The van der Waals surface area contributed by atoms with Crippen LogP contribution in [0.1, 0.15) is 45.1 Å². The highest BCUT2D eigenvalue weighted by molar-refractivity contribution is 5.54. The van der Waals surface area contributed by atoms with Crippen molar-refractivity contribution in [3.8, 4) is 5.75 Å². The molecule has 3 heteroatoms. The number of nitrogen functional groups attached to an aromatic ring is 1. The Bertz CT molecular complexity index is 352. The fraction of sp³-hybridized carbons (Fsp3) is 0.600. The van der Waals surface area contributed by atoms with Gasteiger partial charge in [0.2, 0.25) is 0 Å². The Hall–Kier alpha value is -1.22. The van der Waals surface area contributed by atoms with Crippen molar-refractivity contribution >= 4 is 5.69 Å². The summed E-state index contributed by atoms with van der Waals surface area (Å²) in [6.07, 6.45) is 2.15. The first-order valence-electron chi connectivity index (χ1n) is 6.79. The molecule has 0 fully saturated rings. The maximum atomic E-state index is 5.99. The number of anilines is 1. The Morgan fingerprint density at radius 3 is 2.56 bits per heavy atom. The van der Waals surface area contributed by atoms with Crippen molar-refractivity contribution in [3.05, 3.63) is 23.8 Å². The minimum absolute atomic E-state index is 0.536. The van der Waals surface area contributed by atoms with E-state index in [-0.39, 0.29) is 0 Å². The second kappa shape index (κ2) is 7.98. The molecule has 1 rings (SSSR count). The van der Waals surface area contributed by atoms with Crippen LogP contribution in [0.15, 0.2) is 18.2 Å². The molecule has 0 aromatic heterocycles. The molecule has 1 atom stereocenters. The van der Waals surface area contributed by atoms with E-state index in [0.717, 1.165) is 25.2 Å². The van der Waals surface area contributed by atoms with E-state index in [2.05, 4.69) is 26.8 Å². The van der Waals surface area contributed by atoms with Gasteiger partial charge in [0, 0.05) is 6.61 Å². The molecule has 2 N–H and O–H groups in total. The lowest BCUT2D eigenvalue weighted by Crippen LogP contribution is -2.08. The summed E-state index contributed by atoms with van der Waals surface area (Å²) in [6, 6.07) is 6.06. The molecule has 0 spiro atoms. The molecule has 1 aromatic carbocycles. The van der Waals surface area contributed by atoms with E-state index in [1.54, 1.807) is 0 Å². The van der Waals surface area contributed by atoms with Crippen LogP contribution < -0.4 is 10.5 Å². The van der Waals surface area contributed by atoms with Crippen LogP contribution in [0.2, 0.25) is 0 Å². The summed E-state index contributed by atoms with van der Waals surface area (Å²) in [5, 5.41) is 0. The summed E-state index contributed by atoms with van der Waals surface area (Å²) in [6.45, 7) is 8.41. The van der Waals surface area contributed by atoms with Gasteiger partial charge < -0.3 is 15.2 Å². The lowest BCUT2D eigenvalue weighted by atomic mass is 9.98. The van der Waals surface area contributed by atoms with Gasteiger partial charge in [0.25, 0.3) is 0 Å². The molecule has 18 heavy (non-hydrogen) atoms. The van der Waals surface area contributed by atoms with E-state index in [4.69, 9.17) is 15.2 Å². The summed E-state index contributed by atoms with van der Waals surface area (Å²) in [5.41, 5.74) is 7.97. The van der Waals surface area contributed by atoms with E-state index in [0.29, 0.717) is 24.8 Å². The summed E-state index contributed by atoms with van der Waals surface area (Å²) in [5.74, 6) is 1.29. The van der Waals surface area contributed by atoms with Crippen LogP contribution in [-0.2, 0) is 4.74 Å². The van der Waals surface area contributed by atoms with Crippen molar-refractivity contribution in [2.75, 3.05) is 25.6 Å². The second-order valence-corrected chi connectivity index (χ2v) is 4.57. The minimum Gasteiger partial charge on any atom is -0.489 e. The van der Waals surface area contributed by atoms with Crippen LogP contribution in [0, 0.1) is 0 Å². The first kappa shape index (κ1) is 14.8. The van der Waals surface area contributed by atoms with Crippen LogP contribution in [0.25, 0.3) is 0 Å². The average molecular weight is 251 g/mol. The fourth-order valence-electron chi connectivity index (χ4n) is 1.70. The SMILES string of the molecule is CCCOCCOc1ccc(C(C)CC)cc1N. The van der Waals surface area contributed by atoms with Gasteiger partial charge in [0.1, 0.15) is 12.4 Å². The largest absolute Gasteiger partial charge is 0.489 e. The number of benzene rings is 1. The monoisotopic (exact) mass is 251 g/mol. The number of nitrogens with two attached hydrogens (primary N) is 1. The van der Waals surface area contributed by atoms with Crippen LogP contribution in [0.5, 0.6) is 5.75 Å². The summed E-state index contributed by atoms with van der Waals surface area (Å²) >= 11 is 0. The smallest absolute Gasteiger partial charge is 0.142 e. The zero-order valence-corrected chi connectivity index (χ0v) is 11.7. The van der Waals surface area contributed by atoms with Crippen LogP contribution in [-0.4, -0.2) is 19.8 Å². The van der Waals surface area contributed by atoms with E-state index >= 15 is 0 Å². The predicted molar refractivity (Wildman–Crippen MR) is 76.2 cm³/mol. The molecule has 0 bridgehead atoms. The van der Waals surface area contributed by atoms with Gasteiger partial charge in [0.15, 0.2) is 0 Å². The molecule has 0 radical (unpaired) electrons. The van der Waals surface area contributed by atoms with E-state index in [1.165, 1.54) is 5.56 Å². The van der Waals surface area contributed by atoms with Gasteiger partial charge >= 0.3 is 0 Å². The molecule has 0 aliphatic heterocycles. The average Bonchev–Trinajstić information content (AvgIpc) is 2.39. The zero-order chi connectivity index (χ0) is 13.4. The van der Waals surface area contributed by atoms with Gasteiger partial charge in [-0.2, -0.15) is 0 Å². The molecule has 0 heterocycles. The van der Waals surface area contributed by atoms with Gasteiger partial charge in [-0.25, -0.2) is 0 Å². The minimum atomic E-state index is 0.536. The van der Waals surface area contributed by atoms with Crippen LogP contribution in [0.4, 0.5) is 5.69 Å². The van der Waals surface area contributed by atoms with Gasteiger partial charge in [-0.1, -0.05) is 26.8 Å². The number of rotatable bonds is 8. The van der Waals surface area contributed by atoms with Crippen molar-refractivity contribution in [3.63, 3.8) is 0 Å². The van der Waals surface area contributed by atoms with Crippen molar-refractivity contribution < 1.29 is 9.47 Å². The highest BCUT2D eigenvalue weighted by Crippen LogP contribution is 2.27. The summed E-state index contributed by atoms with van der Waals surface area (Å²) < 4.78 is 11.0. The molecule has 1 aromatic rings. The van der Waals surface area contributed by atoms with Crippen molar-refractivity contribution in [1.82, 2.24) is 0 Å². The first-order chi connectivity index (χ1) is 8.69. The zero-order valence-electron chi connectivity index (χ0n) is 11.7. The van der Waals surface area contributed by atoms with Crippen LogP contribution >= 0.6 is 0 Å². The maximum Gasteiger partial charge on any atom is 0.142 e. The fourth-order valence-corrected chi connectivity index (χ4v) is 1.70. The van der Waals surface area contributed by atoms with Gasteiger partial charge in [-0.15, -0.1) is 0 Å². The third kappa shape index (κ3) is 4.57. The third-order valence-electron chi connectivity index (χ3n) is 3.05. The molecule has 3 nitrogen and oxygen atoms in total. The maximum absolute atomic E-state index is 5.99. The van der Waals surface area contributed by atoms with Crippen molar-refractivity contribution in [1.29, 1.82) is 0 Å². The van der Waals surface area contributed by atoms with Crippen LogP contribution in [0.3, 0.4) is 0 Å². The highest BCUT2D eigenvalue weighted by atomic mass is 16.5. The normalized spacial score (nSPS) is 12.4. The Labute approximate surface area is 110 Å². The Morgan fingerprint density at radius 2 is 1.94 bits per heavy atom. The molecule has 0 amide bonds. The van der Waals surface area contributed by atoms with Gasteiger partial charge in [0.05, 0.1) is 12.3 Å². The topological polar surface area (TPSA) is 44.5 Å². The second-order valence-electron chi connectivity index (χ2n) is 4.57. The molecule has 0 saturated carbocycles. The standard InChI is InChI=1S/C15H25NO2/c1-4-8-17-9-10-18-15-7-6-13(11-14(15)16)12(3)5-2/h6-7,11-12H,4-5,8-10,16H2,1-3H3. The first-order valence-corrected chi connectivity index (χ1v) is 6.79. The summed E-state index contributed by atoms with van der Waals surface area (Å²) in [4.78, 5) is 0. The predicted octanol–water partition coefficient (Wildman–Crippen LogP) is 3.59. The number of hydrogen-bond acceptors (Lipinski definition) is 3. The van der Waals surface area contributed by atoms with E-state index in [1.807, 2.05) is 12.1 Å². The molecular weight excluding hydrogens is 226 g/mol. The number of hydrogen-bond donors (Lipinski definition) is 1. The lowest BCUT2D eigenvalue weighted by Gasteiger charge is -2.13. The summed E-state index contributed by atoms with van der Waals surface area (Å²) in [7, 11) is 0. The van der Waals surface area contributed by atoms with Crippen molar-refractivity contribution in [2.24, 2.45) is 0 Å². The van der Waals surface area contributed by atoms with Crippen molar-refractivity contribution in [2.45, 2.75) is 39.5 Å². The molecule has 1 unspecified atom stereocenters. The highest BCUT2D eigenvalue weighted by Gasteiger charge is 2.06. The Morgan fingerprint density at radius 1 is 1.17 bits per heavy atom. The van der Waals surface area contributed by atoms with E-state index < -0.39 is 0 Å². The number of ether oxygens (including phenoxy) is 2. The Kier molecular flexibility index (Phi) is 6.58. The van der Waals surface area contributed by atoms with Gasteiger partial charge in [-0.3, -0.25) is 0 Å². The molecule has 0 aliphatic carbocycles. The third-order valence-corrected chi connectivity index (χ3v) is 3.05. The quantitative estimate of drug-likeness (QED) is 0.567. The molecule has 102 valence electrons. The molecule has 0 saturated heterocycles. The molecule has 0 aliphatic rings.